The predicted octanol–water partition coefficient (Wildman–Crippen LogP) is 3.80. The first kappa shape index (κ1) is 12.9. The van der Waals surface area contributed by atoms with E-state index < -0.39 is 0 Å². The van der Waals surface area contributed by atoms with Crippen LogP contribution in [0.15, 0.2) is 28.7 Å². The van der Waals surface area contributed by atoms with Gasteiger partial charge in [-0.3, -0.25) is 0 Å². The van der Waals surface area contributed by atoms with Crippen LogP contribution in [-0.2, 0) is 0 Å². The first-order valence-electron chi connectivity index (χ1n) is 6.09. The minimum Gasteiger partial charge on any atom is -0.394 e. The molecule has 1 unspecified atom stereocenters. The molecule has 1 fully saturated rings. The molecule has 1 aromatic carbocycles. The van der Waals surface area contributed by atoms with Gasteiger partial charge in [0.2, 0.25) is 0 Å². The lowest BCUT2D eigenvalue weighted by atomic mass is 9.88. The molecule has 0 amide bonds. The van der Waals surface area contributed by atoms with Crippen molar-refractivity contribution >= 4 is 21.6 Å². The molecule has 1 aliphatic carbocycles. The predicted molar refractivity (Wildman–Crippen MR) is 75.2 cm³/mol. The highest BCUT2D eigenvalue weighted by molar-refractivity contribution is 9.10. The Balaban J connectivity index is 2.13. The molecule has 2 rings (SSSR count). The molecular weight excluding hydrogens is 278 g/mol. The van der Waals surface area contributed by atoms with Crippen LogP contribution in [0.25, 0.3) is 0 Å². The van der Waals surface area contributed by atoms with Crippen LogP contribution in [0.1, 0.15) is 33.1 Å². The maximum atomic E-state index is 9.69. The molecule has 2 nitrogen and oxygen atoms in total. The van der Waals surface area contributed by atoms with Gasteiger partial charge in [-0.2, -0.15) is 0 Å². The van der Waals surface area contributed by atoms with Gasteiger partial charge in [-0.15, -0.1) is 0 Å². The van der Waals surface area contributed by atoms with Gasteiger partial charge in [-0.1, -0.05) is 29.8 Å². The van der Waals surface area contributed by atoms with Crippen LogP contribution in [0, 0.1) is 5.41 Å². The zero-order valence-electron chi connectivity index (χ0n) is 10.5. The summed E-state index contributed by atoms with van der Waals surface area (Å²) in [6.45, 7) is 4.74. The van der Waals surface area contributed by atoms with Crippen LogP contribution in [0.5, 0.6) is 0 Å². The summed E-state index contributed by atoms with van der Waals surface area (Å²) >= 11 is 3.43. The van der Waals surface area contributed by atoms with Crippen molar-refractivity contribution < 1.29 is 5.11 Å². The van der Waals surface area contributed by atoms with Crippen LogP contribution < -0.4 is 5.32 Å². The van der Waals surface area contributed by atoms with Crippen molar-refractivity contribution in [3.8, 4) is 0 Å². The molecule has 0 spiro atoms. The number of aliphatic hydroxyl groups is 1. The molecule has 0 saturated heterocycles. The topological polar surface area (TPSA) is 32.3 Å². The maximum absolute atomic E-state index is 9.69. The number of aliphatic hydroxyl groups excluding tert-OH is 1. The van der Waals surface area contributed by atoms with Gasteiger partial charge in [0, 0.05) is 10.2 Å². The Kier molecular flexibility index (Phi) is 3.50. The SMILES string of the molecule is CC1(C)CCC(CO)(Nc2ccc(Br)cc2)C1. The van der Waals surface area contributed by atoms with E-state index in [4.69, 9.17) is 0 Å². The van der Waals surface area contributed by atoms with Gasteiger partial charge in [-0.05, 0) is 48.9 Å². The summed E-state index contributed by atoms with van der Waals surface area (Å²) in [5.41, 5.74) is 1.27. The summed E-state index contributed by atoms with van der Waals surface area (Å²) in [6, 6.07) is 8.14. The zero-order chi connectivity index (χ0) is 12.5. The molecule has 94 valence electrons. The highest BCUT2D eigenvalue weighted by Crippen LogP contribution is 2.44. The number of benzene rings is 1. The number of hydrogen-bond donors (Lipinski definition) is 2. The summed E-state index contributed by atoms with van der Waals surface area (Å²) in [4.78, 5) is 0. The highest BCUT2D eigenvalue weighted by atomic mass is 79.9. The Morgan fingerprint density at radius 1 is 1.24 bits per heavy atom. The van der Waals surface area contributed by atoms with Crippen LogP contribution >= 0.6 is 15.9 Å². The van der Waals surface area contributed by atoms with Crippen molar-refractivity contribution in [3.63, 3.8) is 0 Å². The van der Waals surface area contributed by atoms with Crippen molar-refractivity contribution in [1.82, 2.24) is 0 Å². The van der Waals surface area contributed by atoms with Gasteiger partial charge >= 0.3 is 0 Å². The van der Waals surface area contributed by atoms with Gasteiger partial charge in [0.15, 0.2) is 0 Å². The molecule has 0 bridgehead atoms. The Labute approximate surface area is 112 Å². The van der Waals surface area contributed by atoms with Crippen molar-refractivity contribution in [2.24, 2.45) is 5.41 Å². The monoisotopic (exact) mass is 297 g/mol. The van der Waals surface area contributed by atoms with Crippen LogP contribution in [0.4, 0.5) is 5.69 Å². The van der Waals surface area contributed by atoms with E-state index in [0.29, 0.717) is 5.41 Å². The molecule has 0 aliphatic heterocycles. The molecular formula is C14H20BrNO. The van der Waals surface area contributed by atoms with Crippen molar-refractivity contribution in [1.29, 1.82) is 0 Å². The highest BCUT2D eigenvalue weighted by Gasteiger charge is 2.42. The van der Waals surface area contributed by atoms with Crippen LogP contribution in [-0.4, -0.2) is 17.3 Å². The molecule has 1 saturated carbocycles. The molecule has 17 heavy (non-hydrogen) atoms. The lowest BCUT2D eigenvalue weighted by Crippen LogP contribution is -2.40. The Hall–Kier alpha value is -0.540. The third-order valence-corrected chi connectivity index (χ3v) is 4.18. The van der Waals surface area contributed by atoms with Gasteiger partial charge in [0.05, 0.1) is 12.1 Å². The summed E-state index contributed by atoms with van der Waals surface area (Å²) in [5.74, 6) is 0. The summed E-state index contributed by atoms with van der Waals surface area (Å²) < 4.78 is 1.08. The Bertz CT molecular complexity index is 388. The van der Waals surface area contributed by atoms with E-state index in [2.05, 4.69) is 35.1 Å². The van der Waals surface area contributed by atoms with E-state index in [1.54, 1.807) is 0 Å². The average Bonchev–Trinajstić information content (AvgIpc) is 2.59. The molecule has 1 atom stereocenters. The third-order valence-electron chi connectivity index (χ3n) is 3.65. The van der Waals surface area contributed by atoms with E-state index in [-0.39, 0.29) is 12.1 Å². The second-order valence-electron chi connectivity index (χ2n) is 5.91. The van der Waals surface area contributed by atoms with Gasteiger partial charge in [-0.25, -0.2) is 0 Å². The van der Waals surface area contributed by atoms with Crippen molar-refractivity contribution in [2.75, 3.05) is 11.9 Å². The standard InChI is InChI=1S/C14H20BrNO/c1-13(2)7-8-14(9-13,10-17)16-12-5-3-11(15)4-6-12/h3-6,16-17H,7-10H2,1-2H3. The van der Waals surface area contributed by atoms with E-state index in [1.807, 2.05) is 24.3 Å². The Morgan fingerprint density at radius 3 is 2.35 bits per heavy atom. The van der Waals surface area contributed by atoms with E-state index in [0.717, 1.165) is 29.4 Å². The average molecular weight is 298 g/mol. The lowest BCUT2D eigenvalue weighted by molar-refractivity contribution is 0.202. The van der Waals surface area contributed by atoms with E-state index in [9.17, 15) is 5.11 Å². The third kappa shape index (κ3) is 3.02. The summed E-state index contributed by atoms with van der Waals surface area (Å²) in [7, 11) is 0. The first-order chi connectivity index (χ1) is 7.95. The molecule has 1 aliphatic rings. The van der Waals surface area contributed by atoms with Gasteiger partial charge in [0.25, 0.3) is 0 Å². The van der Waals surface area contributed by atoms with Crippen LogP contribution in [0.2, 0.25) is 0 Å². The number of hydrogen-bond acceptors (Lipinski definition) is 2. The fourth-order valence-corrected chi connectivity index (χ4v) is 3.06. The Morgan fingerprint density at radius 2 is 1.88 bits per heavy atom. The largest absolute Gasteiger partial charge is 0.394 e. The maximum Gasteiger partial charge on any atom is 0.0661 e. The quantitative estimate of drug-likeness (QED) is 0.889. The van der Waals surface area contributed by atoms with Crippen molar-refractivity contribution in [3.05, 3.63) is 28.7 Å². The second-order valence-corrected chi connectivity index (χ2v) is 6.83. The minimum absolute atomic E-state index is 0.142. The number of nitrogens with one attached hydrogen (secondary N) is 1. The second kappa shape index (κ2) is 4.62. The summed E-state index contributed by atoms with van der Waals surface area (Å²) in [5, 5.41) is 13.2. The van der Waals surface area contributed by atoms with Crippen molar-refractivity contribution in [2.45, 2.75) is 38.6 Å². The van der Waals surface area contributed by atoms with Gasteiger partial charge < -0.3 is 10.4 Å². The number of anilines is 1. The van der Waals surface area contributed by atoms with E-state index in [1.165, 1.54) is 0 Å². The zero-order valence-corrected chi connectivity index (χ0v) is 12.0. The fourth-order valence-electron chi connectivity index (χ4n) is 2.79. The molecule has 0 radical (unpaired) electrons. The van der Waals surface area contributed by atoms with Crippen LogP contribution in [0.3, 0.4) is 0 Å². The minimum atomic E-state index is -0.142. The molecule has 2 N–H and O–H groups in total. The number of halogens is 1. The molecule has 0 aromatic heterocycles. The van der Waals surface area contributed by atoms with E-state index >= 15 is 0 Å². The summed E-state index contributed by atoms with van der Waals surface area (Å²) in [6.07, 6.45) is 3.22. The number of rotatable bonds is 3. The fraction of sp³-hybridized carbons (Fsp3) is 0.571. The normalized spacial score (nSPS) is 27.1. The molecule has 0 heterocycles. The van der Waals surface area contributed by atoms with Gasteiger partial charge in [0.1, 0.15) is 0 Å². The smallest absolute Gasteiger partial charge is 0.0661 e. The molecule has 3 heteroatoms. The first-order valence-corrected chi connectivity index (χ1v) is 6.89. The lowest BCUT2D eigenvalue weighted by Gasteiger charge is -2.31. The molecule has 1 aromatic rings.